The summed E-state index contributed by atoms with van der Waals surface area (Å²) in [5.74, 6) is 0.926. The van der Waals surface area contributed by atoms with Crippen molar-refractivity contribution in [2.75, 3.05) is 14.1 Å². The number of nitro benzene ring substituents is 1. The van der Waals surface area contributed by atoms with Crippen LogP contribution in [0.3, 0.4) is 0 Å². The van der Waals surface area contributed by atoms with Crippen molar-refractivity contribution in [1.29, 1.82) is 0 Å². The smallest absolute Gasteiger partial charge is 0.258 e. The zero-order chi connectivity index (χ0) is 15.8. The Balaban J connectivity index is 2.62. The van der Waals surface area contributed by atoms with E-state index in [0.717, 1.165) is 11.3 Å². The molecule has 0 N–H and O–H groups in total. The lowest BCUT2D eigenvalue weighted by molar-refractivity contribution is -0.384. The van der Waals surface area contributed by atoms with Crippen molar-refractivity contribution in [3.63, 3.8) is 0 Å². The molecule has 0 spiro atoms. The second-order valence-corrected chi connectivity index (χ2v) is 5.47. The fraction of sp³-hybridized carbons (Fsp3) is 0.308. The minimum atomic E-state index is -0.422. The molecule has 8 heteroatoms. The van der Waals surface area contributed by atoms with E-state index < -0.39 is 4.92 Å². The van der Waals surface area contributed by atoms with E-state index in [4.69, 9.17) is 11.6 Å². The summed E-state index contributed by atoms with van der Waals surface area (Å²) < 4.78 is 0.136. The largest absolute Gasteiger partial charge is 0.338 e. The van der Waals surface area contributed by atoms with Gasteiger partial charge in [0.15, 0.2) is 0 Å². The van der Waals surface area contributed by atoms with Gasteiger partial charge in [0, 0.05) is 11.6 Å². The number of aromatic nitrogens is 3. The third-order valence-corrected chi connectivity index (χ3v) is 3.38. The number of benzene rings is 1. The molecule has 110 valence electrons. The van der Waals surface area contributed by atoms with Crippen molar-refractivity contribution in [3.8, 4) is 0 Å². The number of quaternary nitrogens is 1. The van der Waals surface area contributed by atoms with Crippen LogP contribution in [-0.4, -0.2) is 34.0 Å². The molecule has 0 amide bonds. The molecule has 7 nitrogen and oxygen atoms in total. The molecule has 0 atom stereocenters. The molecule has 0 radical (unpaired) electrons. The molecule has 21 heavy (non-hydrogen) atoms. The van der Waals surface area contributed by atoms with Crippen molar-refractivity contribution >= 4 is 28.9 Å². The zero-order valence-electron chi connectivity index (χ0n) is 12.2. The Kier molecular flexibility index (Phi) is 3.89. The van der Waals surface area contributed by atoms with Gasteiger partial charge in [0.1, 0.15) is 11.5 Å². The fourth-order valence-electron chi connectivity index (χ4n) is 2.11. The lowest BCUT2D eigenvalue weighted by Crippen LogP contribution is -2.37. The highest BCUT2D eigenvalue weighted by Crippen LogP contribution is 2.33. The van der Waals surface area contributed by atoms with Crippen molar-refractivity contribution in [3.05, 3.63) is 45.0 Å². The normalized spacial score (nSPS) is 11.5. The molecule has 2 rings (SSSR count). The Bertz CT molecular complexity index is 697. The van der Waals surface area contributed by atoms with Crippen LogP contribution >= 0.6 is 11.6 Å². The Labute approximate surface area is 127 Å². The summed E-state index contributed by atoms with van der Waals surface area (Å²) >= 11 is 5.88. The van der Waals surface area contributed by atoms with Crippen molar-refractivity contribution < 1.29 is 4.92 Å². The Morgan fingerprint density at radius 3 is 2.43 bits per heavy atom. The highest BCUT2D eigenvalue weighted by molar-refractivity contribution is 6.28. The first-order chi connectivity index (χ1) is 9.71. The minimum absolute atomic E-state index is 0.0266. The summed E-state index contributed by atoms with van der Waals surface area (Å²) in [5.41, 5.74) is 1.66. The quantitative estimate of drug-likeness (QED) is 0.494. The van der Waals surface area contributed by atoms with Crippen LogP contribution in [0.4, 0.5) is 17.3 Å². The maximum Gasteiger partial charge on any atom is 0.338 e. The third kappa shape index (κ3) is 2.98. The second kappa shape index (κ2) is 5.34. The molecule has 0 bridgehead atoms. The lowest BCUT2D eigenvalue weighted by atomic mass is 10.1. The Morgan fingerprint density at radius 1 is 1.19 bits per heavy atom. The number of halogens is 1. The first-order valence-corrected chi connectivity index (χ1v) is 6.58. The average Bonchev–Trinajstić information content (AvgIpc) is 2.37. The molecule has 0 saturated carbocycles. The van der Waals surface area contributed by atoms with Gasteiger partial charge in [-0.1, -0.05) is 0 Å². The van der Waals surface area contributed by atoms with Gasteiger partial charge in [0.05, 0.1) is 25.1 Å². The Hall–Kier alpha value is -2.12. The van der Waals surface area contributed by atoms with Gasteiger partial charge in [-0.25, -0.2) is 9.47 Å². The summed E-state index contributed by atoms with van der Waals surface area (Å²) in [6.45, 7) is 3.60. The maximum absolute atomic E-state index is 11.0. The Morgan fingerprint density at radius 2 is 1.86 bits per heavy atom. The van der Waals surface area contributed by atoms with Crippen LogP contribution < -0.4 is 4.48 Å². The van der Waals surface area contributed by atoms with Crippen LogP contribution in [0.25, 0.3) is 0 Å². The number of nitro groups is 1. The third-order valence-electron chi connectivity index (χ3n) is 3.21. The van der Waals surface area contributed by atoms with Crippen LogP contribution in [0.5, 0.6) is 0 Å². The predicted molar refractivity (Wildman–Crippen MR) is 80.7 cm³/mol. The van der Waals surface area contributed by atoms with E-state index in [-0.39, 0.29) is 15.5 Å². The van der Waals surface area contributed by atoms with Gasteiger partial charge >= 0.3 is 5.95 Å². The summed E-state index contributed by atoms with van der Waals surface area (Å²) in [7, 11) is 3.69. The van der Waals surface area contributed by atoms with Gasteiger partial charge in [0.2, 0.25) is 5.28 Å². The van der Waals surface area contributed by atoms with Crippen LogP contribution in [0, 0.1) is 24.0 Å². The van der Waals surface area contributed by atoms with Crippen LogP contribution in [0.2, 0.25) is 5.28 Å². The molecular weight excluding hydrogens is 294 g/mol. The fourth-order valence-corrected chi connectivity index (χ4v) is 2.31. The van der Waals surface area contributed by atoms with Crippen molar-refractivity contribution in [2.24, 2.45) is 0 Å². The molecule has 0 fully saturated rings. The molecule has 1 heterocycles. The van der Waals surface area contributed by atoms with Gasteiger partial charge in [-0.05, 0) is 31.5 Å². The minimum Gasteiger partial charge on any atom is -0.258 e. The van der Waals surface area contributed by atoms with E-state index in [1.165, 1.54) is 12.1 Å². The number of non-ortho nitro benzene ring substituents is 1. The van der Waals surface area contributed by atoms with Gasteiger partial charge < -0.3 is 0 Å². The molecule has 0 saturated heterocycles. The monoisotopic (exact) mass is 308 g/mol. The summed E-state index contributed by atoms with van der Waals surface area (Å²) in [6.07, 6.45) is 0. The second-order valence-electron chi connectivity index (χ2n) is 5.13. The van der Waals surface area contributed by atoms with Crippen LogP contribution in [-0.2, 0) is 0 Å². The van der Waals surface area contributed by atoms with Gasteiger partial charge in [-0.2, -0.15) is 4.98 Å². The molecule has 0 aliphatic rings. The topological polar surface area (TPSA) is 81.8 Å². The molecule has 2 aromatic rings. The molecule has 0 aliphatic heterocycles. The number of hydrogen-bond donors (Lipinski definition) is 0. The molecular formula is C13H15ClN5O2+. The van der Waals surface area contributed by atoms with Crippen LogP contribution in [0.15, 0.2) is 18.2 Å². The molecule has 0 unspecified atom stereocenters. The zero-order valence-corrected chi connectivity index (χ0v) is 12.9. The first kappa shape index (κ1) is 15.3. The summed E-state index contributed by atoms with van der Waals surface area (Å²) in [4.78, 5) is 22.9. The first-order valence-electron chi connectivity index (χ1n) is 6.20. The average molecular weight is 309 g/mol. The lowest BCUT2D eigenvalue weighted by Gasteiger charge is -2.27. The molecule has 0 aliphatic carbocycles. The number of hydrogen-bond acceptors (Lipinski definition) is 5. The van der Waals surface area contributed by atoms with E-state index in [1.54, 1.807) is 13.0 Å². The number of aryl methyl sites for hydroxylation is 2. The standard InChI is InChI=1S/C13H15ClN5O2/c1-8-5-6-10(18(20)21)7-11(8)19(3,4)13-16-9(2)15-12(14)17-13/h5-7H,1-4H3/q+1. The predicted octanol–water partition coefficient (Wildman–Crippen LogP) is 2.95. The highest BCUT2D eigenvalue weighted by Gasteiger charge is 2.30. The van der Waals surface area contributed by atoms with Crippen molar-refractivity contribution in [2.45, 2.75) is 13.8 Å². The van der Waals surface area contributed by atoms with Gasteiger partial charge in [0.25, 0.3) is 5.69 Å². The van der Waals surface area contributed by atoms with E-state index in [1.807, 2.05) is 21.0 Å². The summed E-state index contributed by atoms with van der Waals surface area (Å²) in [5, 5.41) is 11.1. The van der Waals surface area contributed by atoms with E-state index >= 15 is 0 Å². The molecule has 1 aromatic heterocycles. The molecule has 1 aromatic carbocycles. The summed E-state index contributed by atoms with van der Waals surface area (Å²) in [6, 6.07) is 4.72. The SMILES string of the molecule is Cc1nc(Cl)nc([N+](C)(C)c2cc([N+](=O)[O-])ccc2C)n1. The highest BCUT2D eigenvalue weighted by atomic mass is 35.5. The number of rotatable bonds is 3. The van der Waals surface area contributed by atoms with Crippen molar-refractivity contribution in [1.82, 2.24) is 19.4 Å². The van der Waals surface area contributed by atoms with E-state index in [0.29, 0.717) is 11.8 Å². The van der Waals surface area contributed by atoms with Crippen LogP contribution in [0.1, 0.15) is 11.4 Å². The van der Waals surface area contributed by atoms with E-state index in [2.05, 4.69) is 15.0 Å². The van der Waals surface area contributed by atoms with Gasteiger partial charge in [-0.3, -0.25) is 10.1 Å². The van der Waals surface area contributed by atoms with E-state index in [9.17, 15) is 10.1 Å². The maximum atomic E-state index is 11.0. The number of nitrogens with zero attached hydrogens (tertiary/aromatic N) is 5. The van der Waals surface area contributed by atoms with Gasteiger partial charge in [-0.15, -0.1) is 4.98 Å².